The summed E-state index contributed by atoms with van der Waals surface area (Å²) in [7, 11) is 1.59. The number of hydrogen-bond donors (Lipinski definition) is 1. The van der Waals surface area contributed by atoms with E-state index in [1.807, 2.05) is 32.0 Å². The Morgan fingerprint density at radius 3 is 2.78 bits per heavy atom. The first-order valence-corrected chi connectivity index (χ1v) is 9.56. The van der Waals surface area contributed by atoms with Gasteiger partial charge in [0.1, 0.15) is 5.01 Å². The number of carbonyl (C=O) groups excluding carboxylic acids is 2. The van der Waals surface area contributed by atoms with Gasteiger partial charge in [0.2, 0.25) is 0 Å². The summed E-state index contributed by atoms with van der Waals surface area (Å²) in [6.07, 6.45) is 0. The average Bonchev–Trinajstić information content (AvgIpc) is 3.11. The lowest BCUT2D eigenvalue weighted by Gasteiger charge is -2.22. The number of aromatic nitrogens is 1. The molecule has 0 unspecified atom stereocenters. The van der Waals surface area contributed by atoms with E-state index in [1.54, 1.807) is 24.3 Å². The molecule has 0 aliphatic carbocycles. The molecule has 0 spiro atoms. The maximum Gasteiger partial charge on any atom is 0.357 e. The zero-order chi connectivity index (χ0) is 19.8. The highest BCUT2D eigenvalue weighted by Gasteiger charge is 2.18. The summed E-state index contributed by atoms with van der Waals surface area (Å²) in [4.78, 5) is 30.4. The molecule has 27 heavy (non-hydrogen) atoms. The van der Waals surface area contributed by atoms with Crippen molar-refractivity contribution < 1.29 is 19.1 Å². The number of anilines is 1. The molecular formula is C19H25N3O4S. The Kier molecular flexibility index (Phi) is 7.75. The van der Waals surface area contributed by atoms with Crippen LogP contribution >= 0.6 is 11.3 Å². The van der Waals surface area contributed by atoms with E-state index < -0.39 is 5.97 Å². The molecule has 0 radical (unpaired) electrons. The van der Waals surface area contributed by atoms with Gasteiger partial charge in [0.15, 0.2) is 5.69 Å². The van der Waals surface area contributed by atoms with E-state index >= 15 is 0 Å². The molecule has 8 heteroatoms. The maximum atomic E-state index is 12.8. The number of benzene rings is 1. The molecule has 1 N–H and O–H groups in total. The average molecular weight is 391 g/mol. The predicted octanol–water partition coefficient (Wildman–Crippen LogP) is 3.62. The van der Waals surface area contributed by atoms with Crippen LogP contribution in [0.15, 0.2) is 23.6 Å². The Morgan fingerprint density at radius 2 is 2.07 bits per heavy atom. The van der Waals surface area contributed by atoms with Gasteiger partial charge in [-0.1, -0.05) is 12.1 Å². The molecule has 2 amide bonds. The van der Waals surface area contributed by atoms with Gasteiger partial charge in [-0.15, -0.1) is 11.3 Å². The lowest BCUT2D eigenvalue weighted by Crippen LogP contribution is -2.37. The number of nitrogens with zero attached hydrogens (tertiary/aromatic N) is 2. The fourth-order valence-corrected chi connectivity index (χ4v) is 3.16. The van der Waals surface area contributed by atoms with Crippen LogP contribution in [0, 0.1) is 13.8 Å². The molecule has 2 rings (SSSR count). The van der Waals surface area contributed by atoms with Crippen molar-refractivity contribution in [3.05, 3.63) is 45.4 Å². The third-order valence-corrected chi connectivity index (χ3v) is 4.89. The monoisotopic (exact) mass is 391 g/mol. The summed E-state index contributed by atoms with van der Waals surface area (Å²) < 4.78 is 10.1. The number of thiazole rings is 1. The molecule has 0 fully saturated rings. The van der Waals surface area contributed by atoms with Crippen LogP contribution in [-0.4, -0.2) is 48.8 Å². The summed E-state index contributed by atoms with van der Waals surface area (Å²) in [5.74, 6) is -0.455. The lowest BCUT2D eigenvalue weighted by molar-refractivity contribution is 0.0520. The summed E-state index contributed by atoms with van der Waals surface area (Å²) in [6.45, 7) is 7.10. The number of urea groups is 1. The highest BCUT2D eigenvalue weighted by Crippen LogP contribution is 2.19. The second-order valence-electron chi connectivity index (χ2n) is 5.94. The van der Waals surface area contributed by atoms with Crippen molar-refractivity contribution in [3.63, 3.8) is 0 Å². The van der Waals surface area contributed by atoms with Gasteiger partial charge in [0.25, 0.3) is 0 Å². The standard InChI is InChI=1S/C19H25N3O4S/c1-5-26-18(23)16-12-27-17(20-16)11-22(9-10-25-4)19(24)21-15-8-6-7-13(2)14(15)3/h6-8,12H,5,9-11H2,1-4H3,(H,21,24). The van der Waals surface area contributed by atoms with Crippen LogP contribution in [0.25, 0.3) is 0 Å². The first kappa shape index (κ1) is 20.9. The van der Waals surface area contributed by atoms with Gasteiger partial charge in [-0.25, -0.2) is 14.6 Å². The van der Waals surface area contributed by atoms with Crippen molar-refractivity contribution in [2.45, 2.75) is 27.3 Å². The van der Waals surface area contributed by atoms with Crippen LogP contribution in [0.1, 0.15) is 33.5 Å². The lowest BCUT2D eigenvalue weighted by atomic mass is 10.1. The van der Waals surface area contributed by atoms with Gasteiger partial charge >= 0.3 is 12.0 Å². The van der Waals surface area contributed by atoms with E-state index in [2.05, 4.69) is 10.3 Å². The second-order valence-corrected chi connectivity index (χ2v) is 6.88. The van der Waals surface area contributed by atoms with Gasteiger partial charge < -0.3 is 19.7 Å². The molecule has 2 aromatic rings. The Morgan fingerprint density at radius 1 is 1.30 bits per heavy atom. The minimum Gasteiger partial charge on any atom is -0.461 e. The number of methoxy groups -OCH3 is 1. The minimum atomic E-state index is -0.455. The van der Waals surface area contributed by atoms with Crippen molar-refractivity contribution in [1.29, 1.82) is 0 Å². The number of esters is 1. The third kappa shape index (κ3) is 5.77. The molecule has 1 aromatic heterocycles. The number of rotatable bonds is 8. The topological polar surface area (TPSA) is 80.8 Å². The Balaban J connectivity index is 2.11. The summed E-state index contributed by atoms with van der Waals surface area (Å²) >= 11 is 1.32. The molecular weight excluding hydrogens is 366 g/mol. The van der Waals surface area contributed by atoms with Crippen molar-refractivity contribution in [1.82, 2.24) is 9.88 Å². The van der Waals surface area contributed by atoms with E-state index in [4.69, 9.17) is 9.47 Å². The van der Waals surface area contributed by atoms with Gasteiger partial charge in [-0.2, -0.15) is 0 Å². The first-order chi connectivity index (χ1) is 13.0. The Bertz CT molecular complexity index is 791. The van der Waals surface area contributed by atoms with Crippen LogP contribution < -0.4 is 5.32 Å². The molecule has 0 bridgehead atoms. The first-order valence-electron chi connectivity index (χ1n) is 8.68. The van der Waals surface area contributed by atoms with E-state index in [9.17, 15) is 9.59 Å². The number of amides is 2. The van der Waals surface area contributed by atoms with Crippen molar-refractivity contribution in [3.8, 4) is 0 Å². The van der Waals surface area contributed by atoms with Gasteiger partial charge in [0, 0.05) is 24.7 Å². The van der Waals surface area contributed by atoms with Crippen molar-refractivity contribution in [2.24, 2.45) is 0 Å². The summed E-state index contributed by atoms with van der Waals surface area (Å²) in [5.41, 5.74) is 3.17. The Hall–Kier alpha value is -2.45. The molecule has 0 atom stereocenters. The molecule has 7 nitrogen and oxygen atoms in total. The normalized spacial score (nSPS) is 10.5. The number of ether oxygens (including phenoxy) is 2. The molecule has 0 saturated carbocycles. The number of aryl methyl sites for hydroxylation is 1. The van der Waals surface area contributed by atoms with E-state index in [1.165, 1.54) is 11.3 Å². The van der Waals surface area contributed by atoms with Crippen LogP contribution in [0.4, 0.5) is 10.5 Å². The smallest absolute Gasteiger partial charge is 0.357 e. The number of hydrogen-bond acceptors (Lipinski definition) is 6. The van der Waals surface area contributed by atoms with Crippen molar-refractivity contribution >= 4 is 29.0 Å². The van der Waals surface area contributed by atoms with Gasteiger partial charge in [0.05, 0.1) is 19.8 Å². The fourth-order valence-electron chi connectivity index (χ4n) is 2.38. The van der Waals surface area contributed by atoms with Crippen LogP contribution in [-0.2, 0) is 16.0 Å². The molecule has 0 saturated heterocycles. The SMILES string of the molecule is CCOC(=O)c1csc(CN(CCOC)C(=O)Nc2cccc(C)c2C)n1. The van der Waals surface area contributed by atoms with Crippen LogP contribution in [0.3, 0.4) is 0 Å². The zero-order valence-electron chi connectivity index (χ0n) is 16.1. The molecule has 1 aromatic carbocycles. The van der Waals surface area contributed by atoms with Crippen LogP contribution in [0.5, 0.6) is 0 Å². The molecule has 0 aliphatic heterocycles. The largest absolute Gasteiger partial charge is 0.461 e. The molecule has 0 aliphatic rings. The zero-order valence-corrected chi connectivity index (χ0v) is 16.9. The number of carbonyl (C=O) groups is 2. The maximum absolute atomic E-state index is 12.8. The van der Waals surface area contributed by atoms with E-state index in [-0.39, 0.29) is 18.3 Å². The highest BCUT2D eigenvalue weighted by atomic mass is 32.1. The molecule has 146 valence electrons. The number of nitrogens with one attached hydrogen (secondary N) is 1. The summed E-state index contributed by atoms with van der Waals surface area (Å²) in [6, 6.07) is 5.54. The van der Waals surface area contributed by atoms with Crippen LogP contribution in [0.2, 0.25) is 0 Å². The quantitative estimate of drug-likeness (QED) is 0.695. The van der Waals surface area contributed by atoms with Gasteiger partial charge in [-0.05, 0) is 38.0 Å². The second kappa shape index (κ2) is 10.0. The van der Waals surface area contributed by atoms with E-state index in [0.29, 0.717) is 24.8 Å². The van der Waals surface area contributed by atoms with Gasteiger partial charge in [-0.3, -0.25) is 0 Å². The summed E-state index contributed by atoms with van der Waals surface area (Å²) in [5, 5.41) is 5.25. The predicted molar refractivity (Wildman–Crippen MR) is 105 cm³/mol. The Labute approximate surface area is 163 Å². The highest BCUT2D eigenvalue weighted by molar-refractivity contribution is 7.09. The minimum absolute atomic E-state index is 0.242. The molecule has 1 heterocycles. The van der Waals surface area contributed by atoms with Crippen molar-refractivity contribution in [2.75, 3.05) is 32.2 Å². The third-order valence-electron chi connectivity index (χ3n) is 4.06. The van der Waals surface area contributed by atoms with E-state index in [0.717, 1.165) is 16.8 Å². The fraction of sp³-hybridized carbons (Fsp3) is 0.421.